The standard InChI is InChI=1S/C23H31N3O3/c1-16-12-17(2)26(24-16)9-6-23(27)25-15-19-4-5-21(28-3)13-20(19)14-22(25)18-7-10-29-11-8-18/h4-5,12-13,18,22H,6-11,14-15H2,1-3H3. The Hall–Kier alpha value is -2.34. The minimum atomic E-state index is 0.218. The van der Waals surface area contributed by atoms with Gasteiger partial charge in [-0.05, 0) is 68.4 Å². The van der Waals surface area contributed by atoms with E-state index in [1.165, 1.54) is 11.1 Å². The molecule has 6 nitrogen and oxygen atoms in total. The van der Waals surface area contributed by atoms with Gasteiger partial charge in [-0.2, -0.15) is 5.10 Å². The predicted octanol–water partition coefficient (Wildman–Crippen LogP) is 3.28. The number of fused-ring (bicyclic) bond motifs is 1. The number of aromatic nitrogens is 2. The predicted molar refractivity (Wildman–Crippen MR) is 111 cm³/mol. The van der Waals surface area contributed by atoms with Gasteiger partial charge in [-0.15, -0.1) is 0 Å². The molecule has 1 fully saturated rings. The Balaban J connectivity index is 1.54. The van der Waals surface area contributed by atoms with E-state index < -0.39 is 0 Å². The van der Waals surface area contributed by atoms with Crippen LogP contribution in [0.25, 0.3) is 0 Å². The molecule has 1 atom stereocenters. The second-order valence-corrected chi connectivity index (χ2v) is 8.28. The molecule has 4 rings (SSSR count). The fourth-order valence-electron chi connectivity index (χ4n) is 4.75. The average Bonchev–Trinajstić information content (AvgIpc) is 3.08. The molecule has 2 aliphatic heterocycles. The number of carbonyl (C=O) groups is 1. The van der Waals surface area contributed by atoms with Crippen molar-refractivity contribution >= 4 is 5.91 Å². The largest absolute Gasteiger partial charge is 0.497 e. The van der Waals surface area contributed by atoms with Crippen molar-refractivity contribution in [1.29, 1.82) is 0 Å². The molecule has 29 heavy (non-hydrogen) atoms. The van der Waals surface area contributed by atoms with Crippen LogP contribution in [0.3, 0.4) is 0 Å². The van der Waals surface area contributed by atoms with E-state index >= 15 is 0 Å². The van der Waals surface area contributed by atoms with Gasteiger partial charge in [0.1, 0.15) is 5.75 Å². The number of nitrogens with zero attached hydrogens (tertiary/aromatic N) is 3. The molecule has 1 aromatic carbocycles. The van der Waals surface area contributed by atoms with Crippen LogP contribution in [-0.4, -0.2) is 47.0 Å². The highest BCUT2D eigenvalue weighted by Crippen LogP contribution is 2.34. The Morgan fingerprint density at radius 1 is 1.21 bits per heavy atom. The van der Waals surface area contributed by atoms with Crippen molar-refractivity contribution in [2.75, 3.05) is 20.3 Å². The minimum absolute atomic E-state index is 0.218. The van der Waals surface area contributed by atoms with Crippen LogP contribution >= 0.6 is 0 Å². The molecule has 3 heterocycles. The number of amides is 1. The van der Waals surface area contributed by atoms with Crippen molar-refractivity contribution < 1.29 is 14.3 Å². The molecular formula is C23H31N3O3. The lowest BCUT2D eigenvalue weighted by molar-refractivity contribution is -0.137. The zero-order valence-corrected chi connectivity index (χ0v) is 17.7. The van der Waals surface area contributed by atoms with E-state index in [4.69, 9.17) is 9.47 Å². The first-order valence-electron chi connectivity index (χ1n) is 10.6. The van der Waals surface area contributed by atoms with E-state index in [-0.39, 0.29) is 11.9 Å². The summed E-state index contributed by atoms with van der Waals surface area (Å²) in [6.45, 7) is 6.92. The van der Waals surface area contributed by atoms with Crippen LogP contribution < -0.4 is 4.74 Å². The molecule has 6 heteroatoms. The first kappa shape index (κ1) is 20.0. The highest BCUT2D eigenvalue weighted by Gasteiger charge is 2.35. The van der Waals surface area contributed by atoms with E-state index in [0.717, 1.165) is 49.6 Å². The summed E-state index contributed by atoms with van der Waals surface area (Å²) in [6, 6.07) is 8.52. The van der Waals surface area contributed by atoms with Crippen LogP contribution in [0.15, 0.2) is 24.3 Å². The molecule has 0 aliphatic carbocycles. The van der Waals surface area contributed by atoms with Crippen molar-refractivity contribution in [3.63, 3.8) is 0 Å². The molecule has 1 amide bonds. The normalized spacial score (nSPS) is 19.8. The van der Waals surface area contributed by atoms with Gasteiger partial charge in [0, 0.05) is 44.5 Å². The number of benzene rings is 1. The van der Waals surface area contributed by atoms with Crippen molar-refractivity contribution in [3.8, 4) is 5.75 Å². The first-order valence-corrected chi connectivity index (χ1v) is 10.6. The first-order chi connectivity index (χ1) is 14.0. The van der Waals surface area contributed by atoms with Crippen molar-refractivity contribution in [2.24, 2.45) is 5.92 Å². The fourth-order valence-corrected chi connectivity index (χ4v) is 4.75. The van der Waals surface area contributed by atoms with Gasteiger partial charge in [-0.3, -0.25) is 9.48 Å². The molecule has 0 radical (unpaired) electrons. The highest BCUT2D eigenvalue weighted by atomic mass is 16.5. The zero-order valence-electron chi connectivity index (χ0n) is 17.7. The molecule has 2 aliphatic rings. The van der Waals surface area contributed by atoms with Crippen LogP contribution in [0.2, 0.25) is 0 Å². The maximum atomic E-state index is 13.3. The Kier molecular flexibility index (Phi) is 5.90. The molecule has 1 unspecified atom stereocenters. The van der Waals surface area contributed by atoms with Gasteiger partial charge in [-0.1, -0.05) is 6.07 Å². The van der Waals surface area contributed by atoms with Crippen molar-refractivity contribution in [2.45, 2.75) is 58.7 Å². The smallest absolute Gasteiger partial charge is 0.225 e. The summed E-state index contributed by atoms with van der Waals surface area (Å²) >= 11 is 0. The van der Waals surface area contributed by atoms with E-state index in [1.54, 1.807) is 7.11 Å². The van der Waals surface area contributed by atoms with Gasteiger partial charge in [0.05, 0.1) is 12.8 Å². The van der Waals surface area contributed by atoms with Gasteiger partial charge in [0.15, 0.2) is 0 Å². The molecule has 156 valence electrons. The van der Waals surface area contributed by atoms with E-state index in [1.807, 2.05) is 24.6 Å². The molecular weight excluding hydrogens is 366 g/mol. The fraction of sp³-hybridized carbons (Fsp3) is 0.565. The van der Waals surface area contributed by atoms with Gasteiger partial charge >= 0.3 is 0 Å². The van der Waals surface area contributed by atoms with Crippen LogP contribution in [0, 0.1) is 19.8 Å². The summed E-state index contributed by atoms with van der Waals surface area (Å²) in [6.07, 6.45) is 3.41. The summed E-state index contributed by atoms with van der Waals surface area (Å²) in [5, 5.41) is 4.51. The lowest BCUT2D eigenvalue weighted by atomic mass is 9.82. The Labute approximate surface area is 172 Å². The quantitative estimate of drug-likeness (QED) is 0.777. The summed E-state index contributed by atoms with van der Waals surface area (Å²) in [5.41, 5.74) is 4.64. The maximum absolute atomic E-state index is 13.3. The highest BCUT2D eigenvalue weighted by molar-refractivity contribution is 5.77. The minimum Gasteiger partial charge on any atom is -0.497 e. The van der Waals surface area contributed by atoms with E-state index in [0.29, 0.717) is 25.4 Å². The lowest BCUT2D eigenvalue weighted by Gasteiger charge is -2.42. The Morgan fingerprint density at radius 3 is 2.69 bits per heavy atom. The maximum Gasteiger partial charge on any atom is 0.225 e. The second kappa shape index (κ2) is 8.57. The van der Waals surface area contributed by atoms with Crippen molar-refractivity contribution in [3.05, 3.63) is 46.8 Å². The number of ether oxygens (including phenoxy) is 2. The second-order valence-electron chi connectivity index (χ2n) is 8.28. The van der Waals surface area contributed by atoms with E-state index in [9.17, 15) is 4.79 Å². The van der Waals surface area contributed by atoms with Gasteiger partial charge < -0.3 is 14.4 Å². The molecule has 0 bridgehead atoms. The van der Waals surface area contributed by atoms with Crippen molar-refractivity contribution in [1.82, 2.24) is 14.7 Å². The van der Waals surface area contributed by atoms with E-state index in [2.05, 4.69) is 28.2 Å². The monoisotopic (exact) mass is 397 g/mol. The number of methoxy groups -OCH3 is 1. The third-order valence-electron chi connectivity index (χ3n) is 6.35. The van der Waals surface area contributed by atoms with Gasteiger partial charge in [0.2, 0.25) is 5.91 Å². The summed E-state index contributed by atoms with van der Waals surface area (Å²) in [4.78, 5) is 15.4. The molecule has 2 aromatic rings. The Morgan fingerprint density at radius 2 is 2.00 bits per heavy atom. The summed E-state index contributed by atoms with van der Waals surface area (Å²) < 4.78 is 12.9. The molecule has 1 saturated heterocycles. The number of carbonyl (C=O) groups excluding carboxylic acids is 1. The summed E-state index contributed by atoms with van der Waals surface area (Å²) in [5.74, 6) is 1.59. The Bertz CT molecular complexity index is 870. The summed E-state index contributed by atoms with van der Waals surface area (Å²) in [7, 11) is 1.70. The number of aryl methyl sites for hydroxylation is 3. The van der Waals surface area contributed by atoms with Crippen LogP contribution in [-0.2, 0) is 29.0 Å². The molecule has 0 saturated carbocycles. The molecule has 0 spiro atoms. The third kappa shape index (κ3) is 4.32. The number of hydrogen-bond acceptors (Lipinski definition) is 4. The third-order valence-corrected chi connectivity index (χ3v) is 6.35. The number of rotatable bonds is 5. The molecule has 0 N–H and O–H groups in total. The number of hydrogen-bond donors (Lipinski definition) is 0. The topological polar surface area (TPSA) is 56.6 Å². The lowest BCUT2D eigenvalue weighted by Crippen LogP contribution is -2.49. The zero-order chi connectivity index (χ0) is 20.4. The van der Waals surface area contributed by atoms with Crippen LogP contribution in [0.4, 0.5) is 0 Å². The van der Waals surface area contributed by atoms with Crippen LogP contribution in [0.1, 0.15) is 41.8 Å². The SMILES string of the molecule is COc1ccc2c(c1)CC(C1CCOCC1)N(C(=O)CCn1nc(C)cc1C)C2. The average molecular weight is 398 g/mol. The van der Waals surface area contributed by atoms with Crippen LogP contribution in [0.5, 0.6) is 5.75 Å². The van der Waals surface area contributed by atoms with Gasteiger partial charge in [0.25, 0.3) is 0 Å². The molecule has 1 aromatic heterocycles. The van der Waals surface area contributed by atoms with Gasteiger partial charge in [-0.25, -0.2) is 0 Å².